The minimum absolute atomic E-state index is 0.331. The molecule has 14 heavy (non-hydrogen) atoms. The summed E-state index contributed by atoms with van der Waals surface area (Å²) in [5, 5.41) is 0. The van der Waals surface area contributed by atoms with E-state index in [4.69, 9.17) is 9.47 Å². The van der Waals surface area contributed by atoms with Crippen LogP contribution in [-0.2, 0) is 4.74 Å². The average Bonchev–Trinajstić information content (AvgIpc) is 2.19. The monoisotopic (exact) mass is 194 g/mol. The quantitative estimate of drug-likeness (QED) is 0.529. The Kier molecular flexibility index (Phi) is 4.47. The van der Waals surface area contributed by atoms with E-state index in [9.17, 15) is 0 Å². The van der Waals surface area contributed by atoms with Crippen LogP contribution < -0.4 is 4.74 Å². The van der Waals surface area contributed by atoms with E-state index in [1.807, 2.05) is 19.1 Å². The van der Waals surface area contributed by atoms with Gasteiger partial charge in [0.1, 0.15) is 5.75 Å². The van der Waals surface area contributed by atoms with Crippen molar-refractivity contribution >= 4 is 0 Å². The molecule has 0 bridgehead atoms. The number of benzene rings is 1. The van der Waals surface area contributed by atoms with Crippen molar-refractivity contribution in [3.05, 3.63) is 29.8 Å². The van der Waals surface area contributed by atoms with Crippen molar-refractivity contribution in [3.63, 3.8) is 0 Å². The smallest absolute Gasteiger partial charge is 0.189 e. The van der Waals surface area contributed by atoms with Gasteiger partial charge in [0.2, 0.25) is 0 Å². The van der Waals surface area contributed by atoms with Crippen LogP contribution in [-0.4, -0.2) is 13.4 Å². The van der Waals surface area contributed by atoms with Crippen LogP contribution in [0.3, 0.4) is 0 Å². The lowest BCUT2D eigenvalue weighted by Crippen LogP contribution is -2.01. The number of rotatable bonds is 5. The predicted molar refractivity (Wildman–Crippen MR) is 57.7 cm³/mol. The van der Waals surface area contributed by atoms with Crippen molar-refractivity contribution in [2.75, 3.05) is 13.4 Å². The summed E-state index contributed by atoms with van der Waals surface area (Å²) in [6, 6.07) is 8.14. The predicted octanol–water partition coefficient (Wildman–Crippen LogP) is 3.18. The Hall–Kier alpha value is -1.02. The van der Waals surface area contributed by atoms with E-state index >= 15 is 0 Å². The minimum Gasteiger partial charge on any atom is -0.468 e. The van der Waals surface area contributed by atoms with E-state index < -0.39 is 0 Å². The van der Waals surface area contributed by atoms with Crippen LogP contribution in [0.4, 0.5) is 0 Å². The van der Waals surface area contributed by atoms with E-state index in [0.29, 0.717) is 19.3 Å². The number of ether oxygens (including phenoxy) is 2. The van der Waals surface area contributed by atoms with Crippen LogP contribution in [0.1, 0.15) is 32.3 Å². The largest absolute Gasteiger partial charge is 0.468 e. The van der Waals surface area contributed by atoms with E-state index in [2.05, 4.69) is 26.0 Å². The third-order valence-electron chi connectivity index (χ3n) is 2.06. The molecule has 0 aliphatic carbocycles. The summed E-state index contributed by atoms with van der Waals surface area (Å²) in [6.45, 7) is 7.32. The molecule has 0 spiro atoms. The van der Waals surface area contributed by atoms with E-state index in [1.54, 1.807) is 0 Å². The molecule has 0 fully saturated rings. The van der Waals surface area contributed by atoms with Crippen molar-refractivity contribution < 1.29 is 9.47 Å². The first-order chi connectivity index (χ1) is 6.74. The van der Waals surface area contributed by atoms with Gasteiger partial charge in [-0.2, -0.15) is 0 Å². The molecule has 0 aliphatic heterocycles. The Morgan fingerprint density at radius 1 is 1.14 bits per heavy atom. The maximum absolute atomic E-state index is 5.36. The molecule has 0 saturated heterocycles. The zero-order valence-electron chi connectivity index (χ0n) is 9.12. The van der Waals surface area contributed by atoms with Crippen molar-refractivity contribution in [1.29, 1.82) is 0 Å². The summed E-state index contributed by atoms with van der Waals surface area (Å²) in [7, 11) is 0. The SMILES string of the molecule is CCOCOc1ccc(C(C)C)cc1. The fourth-order valence-corrected chi connectivity index (χ4v) is 1.14. The fraction of sp³-hybridized carbons (Fsp3) is 0.500. The van der Waals surface area contributed by atoms with Crippen molar-refractivity contribution in [2.45, 2.75) is 26.7 Å². The lowest BCUT2D eigenvalue weighted by atomic mass is 10.0. The maximum atomic E-state index is 5.36. The minimum atomic E-state index is 0.331. The standard InChI is InChI=1S/C12H18O2/c1-4-13-9-14-12-7-5-11(6-8-12)10(2)3/h5-8,10H,4,9H2,1-3H3. The van der Waals surface area contributed by atoms with Gasteiger partial charge >= 0.3 is 0 Å². The first-order valence-electron chi connectivity index (χ1n) is 5.04. The molecule has 1 rings (SSSR count). The third-order valence-corrected chi connectivity index (χ3v) is 2.06. The van der Waals surface area contributed by atoms with E-state index in [0.717, 1.165) is 5.75 Å². The van der Waals surface area contributed by atoms with Gasteiger partial charge in [-0.05, 0) is 30.5 Å². The fourth-order valence-electron chi connectivity index (χ4n) is 1.14. The topological polar surface area (TPSA) is 18.5 Å². The van der Waals surface area contributed by atoms with Crippen LogP contribution in [0.2, 0.25) is 0 Å². The Balaban J connectivity index is 2.47. The Morgan fingerprint density at radius 3 is 2.29 bits per heavy atom. The molecule has 1 aromatic carbocycles. The van der Waals surface area contributed by atoms with Gasteiger partial charge in [0.05, 0.1) is 0 Å². The van der Waals surface area contributed by atoms with Crippen LogP contribution in [0.15, 0.2) is 24.3 Å². The summed E-state index contributed by atoms with van der Waals surface area (Å²) in [5.74, 6) is 1.43. The summed E-state index contributed by atoms with van der Waals surface area (Å²) >= 11 is 0. The summed E-state index contributed by atoms with van der Waals surface area (Å²) in [4.78, 5) is 0. The molecule has 2 heteroatoms. The molecule has 0 atom stereocenters. The van der Waals surface area contributed by atoms with Crippen LogP contribution in [0.25, 0.3) is 0 Å². The summed E-state index contributed by atoms with van der Waals surface area (Å²) in [6.07, 6.45) is 0. The van der Waals surface area contributed by atoms with E-state index in [-0.39, 0.29) is 0 Å². The Morgan fingerprint density at radius 2 is 1.79 bits per heavy atom. The van der Waals surface area contributed by atoms with Crippen molar-refractivity contribution in [1.82, 2.24) is 0 Å². The molecular formula is C12H18O2. The van der Waals surface area contributed by atoms with Gasteiger partial charge < -0.3 is 9.47 Å². The highest BCUT2D eigenvalue weighted by atomic mass is 16.7. The molecule has 0 aliphatic rings. The van der Waals surface area contributed by atoms with Crippen LogP contribution in [0, 0.1) is 0 Å². The van der Waals surface area contributed by atoms with Gasteiger partial charge in [0.25, 0.3) is 0 Å². The molecule has 0 heterocycles. The third kappa shape index (κ3) is 3.38. The molecule has 0 saturated carbocycles. The van der Waals surface area contributed by atoms with Crippen LogP contribution in [0.5, 0.6) is 5.75 Å². The molecular weight excluding hydrogens is 176 g/mol. The Labute approximate surface area is 85.8 Å². The molecule has 0 radical (unpaired) electrons. The molecule has 2 nitrogen and oxygen atoms in total. The number of hydrogen-bond donors (Lipinski definition) is 0. The maximum Gasteiger partial charge on any atom is 0.189 e. The van der Waals surface area contributed by atoms with Gasteiger partial charge in [-0.15, -0.1) is 0 Å². The molecule has 0 N–H and O–H groups in total. The first-order valence-corrected chi connectivity index (χ1v) is 5.04. The average molecular weight is 194 g/mol. The zero-order chi connectivity index (χ0) is 10.4. The molecule has 1 aromatic rings. The van der Waals surface area contributed by atoms with E-state index in [1.165, 1.54) is 5.56 Å². The van der Waals surface area contributed by atoms with Gasteiger partial charge in [-0.25, -0.2) is 0 Å². The molecule has 78 valence electrons. The van der Waals surface area contributed by atoms with Gasteiger partial charge in [0.15, 0.2) is 6.79 Å². The molecule has 0 amide bonds. The zero-order valence-corrected chi connectivity index (χ0v) is 9.12. The highest BCUT2D eigenvalue weighted by molar-refractivity contribution is 5.28. The van der Waals surface area contributed by atoms with Gasteiger partial charge in [-0.1, -0.05) is 26.0 Å². The highest BCUT2D eigenvalue weighted by Crippen LogP contribution is 2.18. The second kappa shape index (κ2) is 5.66. The normalized spacial score (nSPS) is 10.6. The van der Waals surface area contributed by atoms with Gasteiger partial charge in [0, 0.05) is 6.61 Å². The van der Waals surface area contributed by atoms with Crippen molar-refractivity contribution in [3.8, 4) is 5.75 Å². The highest BCUT2D eigenvalue weighted by Gasteiger charge is 1.98. The second-order valence-electron chi connectivity index (χ2n) is 3.48. The Bertz CT molecular complexity index is 252. The summed E-state index contributed by atoms with van der Waals surface area (Å²) in [5.41, 5.74) is 1.33. The lowest BCUT2D eigenvalue weighted by molar-refractivity contribution is 0.0224. The van der Waals surface area contributed by atoms with Crippen LogP contribution >= 0.6 is 0 Å². The summed E-state index contributed by atoms with van der Waals surface area (Å²) < 4.78 is 10.5. The lowest BCUT2D eigenvalue weighted by Gasteiger charge is -2.08. The number of hydrogen-bond acceptors (Lipinski definition) is 2. The molecule has 0 aromatic heterocycles. The van der Waals surface area contributed by atoms with Gasteiger partial charge in [-0.3, -0.25) is 0 Å². The van der Waals surface area contributed by atoms with Crippen molar-refractivity contribution in [2.24, 2.45) is 0 Å². The first kappa shape index (κ1) is 11.1. The molecule has 0 unspecified atom stereocenters. The second-order valence-corrected chi connectivity index (χ2v) is 3.48.